The quantitative estimate of drug-likeness (QED) is 0.344. The summed E-state index contributed by atoms with van der Waals surface area (Å²) in [5.74, 6) is -2.27. The highest BCUT2D eigenvalue weighted by Crippen LogP contribution is 2.26. The van der Waals surface area contributed by atoms with Gasteiger partial charge in [-0.05, 0) is 12.1 Å². The molecule has 0 aliphatic carbocycles. The lowest BCUT2D eigenvalue weighted by Gasteiger charge is -2.13. The van der Waals surface area contributed by atoms with Crippen molar-refractivity contribution in [2.24, 2.45) is 0 Å². The number of halogens is 1. The van der Waals surface area contributed by atoms with Gasteiger partial charge in [0.15, 0.2) is 0 Å². The van der Waals surface area contributed by atoms with Crippen LogP contribution in [0.5, 0.6) is 0 Å². The van der Waals surface area contributed by atoms with Crippen molar-refractivity contribution in [1.29, 1.82) is 0 Å². The number of benzene rings is 2. The molecule has 2 aromatic carbocycles. The van der Waals surface area contributed by atoms with E-state index in [1.54, 1.807) is 24.3 Å². The molecule has 0 spiro atoms. The molecular formula is C17H11ClN2O6. The van der Waals surface area contributed by atoms with E-state index in [4.69, 9.17) is 16.3 Å². The van der Waals surface area contributed by atoms with Crippen LogP contribution in [0.4, 0.5) is 5.69 Å². The standard InChI is InChI=1S/C17H11ClN2O6/c18-14-4-2-1-3-10(14)9-26-15(21)8-19-16(22)12-6-5-11(20(24)25)7-13(12)17(19)23/h1-7H,8-9H2. The number of hydrogen-bond acceptors (Lipinski definition) is 6. The van der Waals surface area contributed by atoms with E-state index in [9.17, 15) is 24.5 Å². The Morgan fingerprint density at radius 2 is 1.81 bits per heavy atom. The lowest BCUT2D eigenvalue weighted by atomic mass is 10.1. The van der Waals surface area contributed by atoms with Crippen LogP contribution < -0.4 is 0 Å². The maximum atomic E-state index is 12.3. The topological polar surface area (TPSA) is 107 Å². The number of non-ortho nitro benzene ring substituents is 1. The zero-order chi connectivity index (χ0) is 18.8. The molecule has 2 amide bonds. The number of ether oxygens (including phenoxy) is 1. The summed E-state index contributed by atoms with van der Waals surface area (Å²) in [6, 6.07) is 10.1. The van der Waals surface area contributed by atoms with Gasteiger partial charge in [0, 0.05) is 22.7 Å². The molecule has 3 rings (SSSR count). The van der Waals surface area contributed by atoms with E-state index in [2.05, 4.69) is 0 Å². The first-order chi connectivity index (χ1) is 12.4. The summed E-state index contributed by atoms with van der Waals surface area (Å²) < 4.78 is 5.05. The third kappa shape index (κ3) is 3.27. The predicted molar refractivity (Wildman–Crippen MR) is 89.7 cm³/mol. The molecular weight excluding hydrogens is 364 g/mol. The number of nitro benzene ring substituents is 1. The molecule has 1 aliphatic heterocycles. The SMILES string of the molecule is O=C(CN1C(=O)c2ccc([N+](=O)[O-])cc2C1=O)OCc1ccccc1Cl. The molecule has 0 saturated carbocycles. The Labute approximate surface area is 152 Å². The number of nitrogens with zero attached hydrogens (tertiary/aromatic N) is 2. The second-order valence-corrected chi connectivity index (χ2v) is 5.84. The van der Waals surface area contributed by atoms with Gasteiger partial charge in [0.1, 0.15) is 13.2 Å². The van der Waals surface area contributed by atoms with Crippen LogP contribution in [0.3, 0.4) is 0 Å². The van der Waals surface area contributed by atoms with Crippen LogP contribution in [-0.4, -0.2) is 34.2 Å². The highest BCUT2D eigenvalue weighted by Gasteiger charge is 2.38. The second kappa shape index (κ2) is 6.93. The molecule has 1 heterocycles. The molecule has 8 nitrogen and oxygen atoms in total. The lowest BCUT2D eigenvalue weighted by Crippen LogP contribution is -2.35. The molecule has 132 valence electrons. The molecule has 0 atom stereocenters. The van der Waals surface area contributed by atoms with Gasteiger partial charge >= 0.3 is 5.97 Å². The average Bonchev–Trinajstić information content (AvgIpc) is 2.85. The van der Waals surface area contributed by atoms with Gasteiger partial charge in [-0.1, -0.05) is 29.8 Å². The maximum absolute atomic E-state index is 12.3. The summed E-state index contributed by atoms with van der Waals surface area (Å²) in [6.07, 6.45) is 0. The van der Waals surface area contributed by atoms with E-state index in [0.29, 0.717) is 15.5 Å². The second-order valence-electron chi connectivity index (χ2n) is 5.44. The van der Waals surface area contributed by atoms with Crippen LogP contribution >= 0.6 is 11.6 Å². The molecule has 0 unspecified atom stereocenters. The molecule has 26 heavy (non-hydrogen) atoms. The lowest BCUT2D eigenvalue weighted by molar-refractivity contribution is -0.384. The van der Waals surface area contributed by atoms with Crippen LogP contribution in [0.25, 0.3) is 0 Å². The van der Waals surface area contributed by atoms with Crippen molar-refractivity contribution >= 4 is 35.1 Å². The van der Waals surface area contributed by atoms with Gasteiger partial charge < -0.3 is 4.74 Å². The normalized spacial score (nSPS) is 12.9. The van der Waals surface area contributed by atoms with Crippen molar-refractivity contribution in [1.82, 2.24) is 4.90 Å². The molecule has 2 aromatic rings. The fourth-order valence-electron chi connectivity index (χ4n) is 2.48. The van der Waals surface area contributed by atoms with E-state index in [0.717, 1.165) is 12.1 Å². The third-order valence-electron chi connectivity index (χ3n) is 3.80. The minimum Gasteiger partial charge on any atom is -0.459 e. The minimum atomic E-state index is -0.797. The van der Waals surface area contributed by atoms with Gasteiger partial charge in [0.05, 0.1) is 16.1 Å². The Balaban J connectivity index is 1.69. The summed E-state index contributed by atoms with van der Waals surface area (Å²) in [5.41, 5.74) is 0.177. The largest absolute Gasteiger partial charge is 0.459 e. The number of amides is 2. The number of carbonyl (C=O) groups excluding carboxylic acids is 3. The number of carbonyl (C=O) groups is 3. The summed E-state index contributed by atoms with van der Waals surface area (Å²) in [4.78, 5) is 47.4. The molecule has 0 fully saturated rings. The van der Waals surface area contributed by atoms with Gasteiger partial charge in [-0.2, -0.15) is 0 Å². The molecule has 0 aromatic heterocycles. The fourth-order valence-corrected chi connectivity index (χ4v) is 2.67. The van der Waals surface area contributed by atoms with Gasteiger partial charge in [0.25, 0.3) is 17.5 Å². The Morgan fingerprint density at radius 1 is 1.12 bits per heavy atom. The van der Waals surface area contributed by atoms with Crippen molar-refractivity contribution in [2.45, 2.75) is 6.61 Å². The van der Waals surface area contributed by atoms with Crippen molar-refractivity contribution in [3.8, 4) is 0 Å². The number of hydrogen-bond donors (Lipinski definition) is 0. The molecule has 9 heteroatoms. The Morgan fingerprint density at radius 3 is 2.50 bits per heavy atom. The van der Waals surface area contributed by atoms with E-state index < -0.39 is 29.3 Å². The highest BCUT2D eigenvalue weighted by atomic mass is 35.5. The molecule has 0 radical (unpaired) electrons. The van der Waals surface area contributed by atoms with E-state index in [1.165, 1.54) is 6.07 Å². The van der Waals surface area contributed by atoms with Gasteiger partial charge in [0.2, 0.25) is 0 Å². The fraction of sp³-hybridized carbons (Fsp3) is 0.118. The summed E-state index contributed by atoms with van der Waals surface area (Å²) in [6.45, 7) is -0.697. The third-order valence-corrected chi connectivity index (χ3v) is 4.17. The first-order valence-electron chi connectivity index (χ1n) is 7.42. The van der Waals surface area contributed by atoms with Crippen molar-refractivity contribution in [3.05, 3.63) is 74.3 Å². The Hall–Kier alpha value is -3.26. The van der Waals surface area contributed by atoms with Gasteiger partial charge in [-0.15, -0.1) is 0 Å². The zero-order valence-electron chi connectivity index (χ0n) is 13.2. The van der Waals surface area contributed by atoms with Crippen LogP contribution in [0.15, 0.2) is 42.5 Å². The van der Waals surface area contributed by atoms with E-state index >= 15 is 0 Å². The number of fused-ring (bicyclic) bond motifs is 1. The van der Waals surface area contributed by atoms with E-state index in [-0.39, 0.29) is 23.4 Å². The van der Waals surface area contributed by atoms with Crippen LogP contribution in [-0.2, 0) is 16.1 Å². The number of nitro groups is 1. The number of imide groups is 1. The van der Waals surface area contributed by atoms with Gasteiger partial charge in [-0.25, -0.2) is 0 Å². The number of rotatable bonds is 5. The predicted octanol–water partition coefficient (Wildman–Crippen LogP) is 2.59. The highest BCUT2D eigenvalue weighted by molar-refractivity contribution is 6.31. The average molecular weight is 375 g/mol. The molecule has 1 aliphatic rings. The number of esters is 1. The molecule has 0 saturated heterocycles. The Bertz CT molecular complexity index is 943. The molecule has 0 N–H and O–H groups in total. The van der Waals surface area contributed by atoms with Crippen molar-refractivity contribution < 1.29 is 24.0 Å². The monoisotopic (exact) mass is 374 g/mol. The molecule has 0 bridgehead atoms. The first kappa shape index (κ1) is 17.6. The van der Waals surface area contributed by atoms with E-state index in [1.807, 2.05) is 0 Å². The smallest absolute Gasteiger partial charge is 0.326 e. The summed E-state index contributed by atoms with van der Waals surface area (Å²) in [7, 11) is 0. The summed E-state index contributed by atoms with van der Waals surface area (Å²) >= 11 is 5.96. The first-order valence-corrected chi connectivity index (χ1v) is 7.80. The Kier molecular flexibility index (Phi) is 4.68. The zero-order valence-corrected chi connectivity index (χ0v) is 13.9. The summed E-state index contributed by atoms with van der Waals surface area (Å²) in [5, 5.41) is 11.2. The maximum Gasteiger partial charge on any atom is 0.326 e. The van der Waals surface area contributed by atoms with Gasteiger partial charge in [-0.3, -0.25) is 29.4 Å². The minimum absolute atomic E-state index is 0.0134. The van der Waals surface area contributed by atoms with Crippen LogP contribution in [0.1, 0.15) is 26.3 Å². The van der Waals surface area contributed by atoms with Crippen molar-refractivity contribution in [2.75, 3.05) is 6.54 Å². The van der Waals surface area contributed by atoms with Crippen molar-refractivity contribution in [3.63, 3.8) is 0 Å². The van der Waals surface area contributed by atoms with Crippen LogP contribution in [0, 0.1) is 10.1 Å². The van der Waals surface area contributed by atoms with Crippen LogP contribution in [0.2, 0.25) is 5.02 Å².